The van der Waals surface area contributed by atoms with Gasteiger partial charge in [-0.3, -0.25) is 0 Å². The lowest BCUT2D eigenvalue weighted by Gasteiger charge is -2.13. The second kappa shape index (κ2) is 6.57. The van der Waals surface area contributed by atoms with E-state index in [9.17, 15) is 0 Å². The molecule has 0 aliphatic carbocycles. The van der Waals surface area contributed by atoms with Gasteiger partial charge in [-0.2, -0.15) is 5.26 Å². The van der Waals surface area contributed by atoms with E-state index in [0.717, 1.165) is 5.56 Å². The average molecular weight is 323 g/mol. The Morgan fingerprint density at radius 2 is 1.86 bits per heavy atom. The third-order valence-corrected chi connectivity index (χ3v) is 3.36. The maximum atomic E-state index is 8.94. The van der Waals surface area contributed by atoms with Gasteiger partial charge in [0.15, 0.2) is 5.75 Å². The van der Waals surface area contributed by atoms with E-state index in [1.165, 1.54) is 0 Å². The van der Waals surface area contributed by atoms with E-state index in [2.05, 4.69) is 6.07 Å². The zero-order valence-electron chi connectivity index (χ0n) is 11.2. The summed E-state index contributed by atoms with van der Waals surface area (Å²) in [4.78, 5) is 0. The Morgan fingerprint density at radius 3 is 2.43 bits per heavy atom. The summed E-state index contributed by atoms with van der Waals surface area (Å²) in [5.74, 6) is 0.966. The molecule has 0 saturated carbocycles. The van der Waals surface area contributed by atoms with Gasteiger partial charge >= 0.3 is 0 Å². The summed E-state index contributed by atoms with van der Waals surface area (Å²) in [5, 5.41) is 9.60. The van der Waals surface area contributed by atoms with Crippen LogP contribution in [-0.4, -0.2) is 7.11 Å². The minimum atomic E-state index is 0.169. The van der Waals surface area contributed by atoms with Gasteiger partial charge in [-0.1, -0.05) is 23.2 Å². The number of hydrogen-bond acceptors (Lipinski definition) is 4. The highest BCUT2D eigenvalue weighted by Crippen LogP contribution is 2.36. The molecule has 0 amide bonds. The number of ether oxygens (including phenoxy) is 2. The number of nitrogens with two attached hydrogens (primary N) is 1. The van der Waals surface area contributed by atoms with Crippen LogP contribution in [-0.2, 0) is 6.61 Å². The molecule has 0 aliphatic heterocycles. The average Bonchev–Trinajstić information content (AvgIpc) is 2.45. The number of hydrogen-bond donors (Lipinski definition) is 1. The number of halogens is 2. The number of nitrogen functional groups attached to an aromatic ring is 1. The molecule has 0 unspecified atom stereocenters. The minimum absolute atomic E-state index is 0.169. The number of anilines is 1. The van der Waals surface area contributed by atoms with Crippen molar-refractivity contribution in [1.29, 1.82) is 5.26 Å². The first-order valence-electron chi connectivity index (χ1n) is 5.99. The Morgan fingerprint density at radius 1 is 1.19 bits per heavy atom. The predicted octanol–water partition coefficient (Wildman–Crippen LogP) is 4.03. The maximum Gasteiger partial charge on any atom is 0.157 e. The zero-order chi connectivity index (χ0) is 15.4. The van der Waals surface area contributed by atoms with Crippen molar-refractivity contribution in [3.05, 3.63) is 51.5 Å². The molecule has 0 saturated heterocycles. The summed E-state index contributed by atoms with van der Waals surface area (Å²) in [6.07, 6.45) is 0. The standard InChI is InChI=1S/C15H12Cl2N2O2/c1-20-14-3-2-9(7-18)4-10(14)8-21-15-12(16)5-11(19)6-13(15)17/h2-6H,8,19H2,1H3. The van der Waals surface area contributed by atoms with Crippen molar-refractivity contribution in [2.24, 2.45) is 0 Å². The number of benzene rings is 2. The van der Waals surface area contributed by atoms with Crippen LogP contribution in [0.5, 0.6) is 11.5 Å². The van der Waals surface area contributed by atoms with E-state index in [1.807, 2.05) is 0 Å². The largest absolute Gasteiger partial charge is 0.496 e. The normalized spacial score (nSPS) is 10.0. The summed E-state index contributed by atoms with van der Waals surface area (Å²) in [6.45, 7) is 0.169. The lowest BCUT2D eigenvalue weighted by molar-refractivity contribution is 0.297. The molecule has 2 rings (SSSR count). The lowest BCUT2D eigenvalue weighted by atomic mass is 10.1. The van der Waals surface area contributed by atoms with E-state index in [4.69, 9.17) is 43.7 Å². The van der Waals surface area contributed by atoms with Crippen LogP contribution in [0.15, 0.2) is 30.3 Å². The number of rotatable bonds is 4. The molecule has 2 N–H and O–H groups in total. The SMILES string of the molecule is COc1ccc(C#N)cc1COc1c(Cl)cc(N)cc1Cl. The summed E-state index contributed by atoms with van der Waals surface area (Å²) in [6, 6.07) is 10.3. The van der Waals surface area contributed by atoms with Crippen LogP contribution in [0.3, 0.4) is 0 Å². The smallest absolute Gasteiger partial charge is 0.157 e. The third-order valence-electron chi connectivity index (χ3n) is 2.80. The summed E-state index contributed by atoms with van der Waals surface area (Å²) < 4.78 is 10.9. The van der Waals surface area contributed by atoms with Crippen molar-refractivity contribution in [2.45, 2.75) is 6.61 Å². The van der Waals surface area contributed by atoms with Crippen molar-refractivity contribution in [3.8, 4) is 17.6 Å². The highest BCUT2D eigenvalue weighted by molar-refractivity contribution is 6.37. The molecule has 0 radical (unpaired) electrons. The van der Waals surface area contributed by atoms with Gasteiger partial charge < -0.3 is 15.2 Å². The molecule has 0 aromatic heterocycles. The van der Waals surface area contributed by atoms with Crippen LogP contribution in [0.25, 0.3) is 0 Å². The molecule has 0 atom stereocenters. The Hall–Kier alpha value is -2.09. The molecule has 0 bridgehead atoms. The molecular weight excluding hydrogens is 311 g/mol. The molecule has 2 aromatic rings. The van der Waals surface area contributed by atoms with E-state index in [-0.39, 0.29) is 6.61 Å². The fourth-order valence-electron chi connectivity index (χ4n) is 1.83. The predicted molar refractivity (Wildman–Crippen MR) is 82.9 cm³/mol. The molecule has 108 valence electrons. The summed E-state index contributed by atoms with van der Waals surface area (Å²) >= 11 is 12.1. The molecule has 21 heavy (non-hydrogen) atoms. The Bertz CT molecular complexity index is 688. The van der Waals surface area contributed by atoms with Crippen molar-refractivity contribution in [2.75, 3.05) is 12.8 Å². The second-order valence-electron chi connectivity index (χ2n) is 4.24. The van der Waals surface area contributed by atoms with Gasteiger partial charge in [-0.15, -0.1) is 0 Å². The molecular formula is C15H12Cl2N2O2. The van der Waals surface area contributed by atoms with Crippen molar-refractivity contribution in [1.82, 2.24) is 0 Å². The van der Waals surface area contributed by atoms with E-state index < -0.39 is 0 Å². The fourth-order valence-corrected chi connectivity index (χ4v) is 2.44. The van der Waals surface area contributed by atoms with Gasteiger partial charge in [-0.05, 0) is 30.3 Å². The van der Waals surface area contributed by atoms with Crippen LogP contribution in [0, 0.1) is 11.3 Å². The zero-order valence-corrected chi connectivity index (χ0v) is 12.7. The third kappa shape index (κ3) is 3.52. The maximum absolute atomic E-state index is 8.94. The molecule has 6 heteroatoms. The van der Waals surface area contributed by atoms with Gasteiger partial charge in [0.05, 0.1) is 28.8 Å². The molecule has 0 heterocycles. The number of nitriles is 1. The van der Waals surface area contributed by atoms with E-state index in [0.29, 0.717) is 32.8 Å². The quantitative estimate of drug-likeness (QED) is 0.862. The van der Waals surface area contributed by atoms with E-state index in [1.54, 1.807) is 37.4 Å². The molecule has 4 nitrogen and oxygen atoms in total. The number of nitrogens with zero attached hydrogens (tertiary/aromatic N) is 1. The van der Waals surface area contributed by atoms with Gasteiger partial charge in [-0.25, -0.2) is 0 Å². The first kappa shape index (κ1) is 15.3. The van der Waals surface area contributed by atoms with Gasteiger partial charge in [0.2, 0.25) is 0 Å². The van der Waals surface area contributed by atoms with Gasteiger partial charge in [0.25, 0.3) is 0 Å². The van der Waals surface area contributed by atoms with Crippen molar-refractivity contribution in [3.63, 3.8) is 0 Å². The van der Waals surface area contributed by atoms with Crippen LogP contribution in [0.4, 0.5) is 5.69 Å². The summed E-state index contributed by atoms with van der Waals surface area (Å²) in [7, 11) is 1.55. The molecule has 2 aromatic carbocycles. The van der Waals surface area contributed by atoms with Crippen LogP contribution >= 0.6 is 23.2 Å². The first-order chi connectivity index (χ1) is 10.0. The minimum Gasteiger partial charge on any atom is -0.496 e. The fraction of sp³-hybridized carbons (Fsp3) is 0.133. The van der Waals surface area contributed by atoms with Crippen molar-refractivity contribution >= 4 is 28.9 Å². The van der Waals surface area contributed by atoms with Crippen LogP contribution in [0.1, 0.15) is 11.1 Å². The Balaban J connectivity index is 2.26. The summed E-state index contributed by atoms with van der Waals surface area (Å²) in [5.41, 5.74) is 7.34. The highest BCUT2D eigenvalue weighted by Gasteiger charge is 2.11. The molecule has 0 aliphatic rings. The molecule has 0 fully saturated rings. The van der Waals surface area contributed by atoms with Crippen molar-refractivity contribution < 1.29 is 9.47 Å². The lowest BCUT2D eigenvalue weighted by Crippen LogP contribution is -2.01. The second-order valence-corrected chi connectivity index (χ2v) is 5.06. The highest BCUT2D eigenvalue weighted by atomic mass is 35.5. The van der Waals surface area contributed by atoms with Gasteiger partial charge in [0.1, 0.15) is 12.4 Å². The Kier molecular flexibility index (Phi) is 4.79. The molecule has 0 spiro atoms. The first-order valence-corrected chi connectivity index (χ1v) is 6.75. The van der Waals surface area contributed by atoms with Gasteiger partial charge in [0, 0.05) is 11.3 Å². The number of methoxy groups -OCH3 is 1. The monoisotopic (exact) mass is 322 g/mol. The van der Waals surface area contributed by atoms with Crippen LogP contribution in [0.2, 0.25) is 10.0 Å². The Labute approximate surface area is 132 Å². The van der Waals surface area contributed by atoms with Crippen LogP contribution < -0.4 is 15.2 Å². The topological polar surface area (TPSA) is 68.3 Å². The van der Waals surface area contributed by atoms with E-state index >= 15 is 0 Å².